The van der Waals surface area contributed by atoms with E-state index < -0.39 is 15.8 Å². The third kappa shape index (κ3) is 17.0. The van der Waals surface area contributed by atoms with Gasteiger partial charge in [-0.05, 0) is 86.7 Å². The Morgan fingerprint density at radius 2 is 0.679 bits per heavy atom. The van der Waals surface area contributed by atoms with E-state index in [2.05, 4.69) is 156 Å². The third-order valence-electron chi connectivity index (χ3n) is 6.90. The van der Waals surface area contributed by atoms with Crippen LogP contribution in [0.2, 0.25) is 0 Å². The van der Waals surface area contributed by atoms with E-state index in [-0.39, 0.29) is 42.6 Å². The minimum atomic E-state index is -0.988. The summed E-state index contributed by atoms with van der Waals surface area (Å²) in [4.78, 5) is 29.1. The number of benzene rings is 4. The maximum Gasteiger partial charge on any atom is 2.00 e. The van der Waals surface area contributed by atoms with Gasteiger partial charge in [0.2, 0.25) is 0 Å². The van der Waals surface area contributed by atoms with E-state index in [0.29, 0.717) is 0 Å². The Hall–Kier alpha value is -4.92. The molecule has 270 valence electrons. The van der Waals surface area contributed by atoms with Gasteiger partial charge in [0.1, 0.15) is 37.1 Å². The third-order valence-corrected chi connectivity index (χ3v) is 12.2. The quantitative estimate of drug-likeness (QED) is 0.0944. The predicted octanol–water partition coefficient (Wildman–Crippen LogP) is 4.82. The monoisotopic (exact) mass is 828 g/mol. The molecule has 53 heavy (non-hydrogen) atoms. The Bertz CT molecular complexity index is 1630. The first kappa shape index (κ1) is 44.2. The minimum Gasteiger partial charge on any atom is -0.876 e. The molecule has 0 saturated heterocycles. The van der Waals surface area contributed by atoms with E-state index in [1.165, 1.54) is 59.8 Å². The van der Waals surface area contributed by atoms with Crippen LogP contribution in [0.15, 0.2) is 194 Å². The summed E-state index contributed by atoms with van der Waals surface area (Å²) in [6, 6.07) is 55.1. The maximum atomic E-state index is 9.98. The van der Waals surface area contributed by atoms with Crippen molar-refractivity contribution in [3.05, 3.63) is 194 Å². The Morgan fingerprint density at radius 1 is 0.434 bits per heavy atom. The van der Waals surface area contributed by atoms with Crippen LogP contribution < -0.4 is 42.3 Å². The average Bonchev–Trinajstić information content (AvgIpc) is 3.14. The van der Waals surface area contributed by atoms with Crippen molar-refractivity contribution < 1.29 is 39.3 Å². The van der Waals surface area contributed by atoms with Gasteiger partial charge in [0.05, 0.1) is 0 Å². The Balaban J connectivity index is 0.000000269. The van der Waals surface area contributed by atoms with Crippen molar-refractivity contribution in [2.24, 2.45) is 0 Å². The fraction of sp³-hybridized carbons (Fsp3) is 0.0909. The summed E-state index contributed by atoms with van der Waals surface area (Å²) in [5.74, 6) is -0.750. The number of carbonyl (C=O) groups is 2. The first-order valence-electron chi connectivity index (χ1n) is 16.7. The summed E-state index contributed by atoms with van der Waals surface area (Å²) < 4.78 is 0. The molecule has 0 aliphatic heterocycles. The molecule has 0 unspecified atom stereocenters. The molecule has 0 radical (unpaired) electrons. The normalized spacial score (nSPS) is 10.6. The number of ketones is 2. The van der Waals surface area contributed by atoms with Gasteiger partial charge < -0.3 is 10.2 Å². The molecule has 0 aliphatic carbocycles. The first-order chi connectivity index (χ1) is 25.2. The molecule has 0 N–H and O–H groups in total. The Labute approximate surface area is 328 Å². The number of carbonyl (C=O) groups excluding carboxylic acids is 2. The van der Waals surface area contributed by atoms with Gasteiger partial charge in [-0.3, -0.25) is 9.59 Å². The van der Waals surface area contributed by atoms with E-state index >= 15 is 0 Å². The van der Waals surface area contributed by atoms with E-state index in [4.69, 9.17) is 0 Å². The molecule has 0 spiro atoms. The van der Waals surface area contributed by atoms with Crippen LogP contribution in [0.3, 0.4) is 0 Å². The van der Waals surface area contributed by atoms with Gasteiger partial charge >= 0.3 is 19.5 Å². The smallest absolute Gasteiger partial charge is 0.876 e. The number of pyridine rings is 2. The predicted molar refractivity (Wildman–Crippen MR) is 218 cm³/mol. The van der Waals surface area contributed by atoms with Crippen molar-refractivity contribution in [2.45, 2.75) is 27.7 Å². The largest absolute Gasteiger partial charge is 2.00 e. The first-order valence-corrected chi connectivity index (χ1v) is 19.7. The fourth-order valence-electron chi connectivity index (χ4n) is 4.94. The second-order valence-corrected chi connectivity index (χ2v) is 16.2. The van der Waals surface area contributed by atoms with E-state index in [9.17, 15) is 19.8 Å². The van der Waals surface area contributed by atoms with Crippen LogP contribution >= 0.6 is 15.8 Å². The number of nitrogens with zero attached hydrogens (tertiary/aromatic N) is 2. The molecule has 0 amide bonds. The summed E-state index contributed by atoms with van der Waals surface area (Å²) in [6.45, 7) is 5.39. The van der Waals surface area contributed by atoms with Crippen LogP contribution in [0, 0.1) is 0 Å². The van der Waals surface area contributed by atoms with Crippen molar-refractivity contribution in [1.29, 1.82) is 0 Å². The van der Waals surface area contributed by atoms with Gasteiger partial charge in [0, 0.05) is 24.5 Å². The van der Waals surface area contributed by atoms with Gasteiger partial charge in [-0.2, -0.15) is 0 Å². The number of hydrogen-bond acceptors (Lipinski definition) is 6. The van der Waals surface area contributed by atoms with Crippen molar-refractivity contribution in [3.63, 3.8) is 0 Å². The Kier molecular flexibility index (Phi) is 21.0. The number of aromatic nitrogens is 2. The molecule has 0 fully saturated rings. The van der Waals surface area contributed by atoms with Crippen LogP contribution in [0.5, 0.6) is 0 Å². The molecule has 0 saturated carbocycles. The molecule has 0 atom stereocenters. The second kappa shape index (κ2) is 25.1. The van der Waals surface area contributed by atoms with Crippen LogP contribution in [0.1, 0.15) is 27.7 Å². The van der Waals surface area contributed by atoms with Gasteiger partial charge in [0.15, 0.2) is 22.4 Å². The summed E-state index contributed by atoms with van der Waals surface area (Å²) in [5, 5.41) is 25.4. The Morgan fingerprint density at radius 3 is 0.849 bits per heavy atom. The topological polar surface area (TPSA) is 106 Å². The van der Waals surface area contributed by atoms with Gasteiger partial charge in [0.25, 0.3) is 0 Å². The van der Waals surface area contributed by atoms with Gasteiger partial charge in [-0.25, -0.2) is 9.97 Å². The molecular weight excluding hydrogens is 784 g/mol. The fourth-order valence-corrected chi connectivity index (χ4v) is 9.82. The van der Waals surface area contributed by atoms with Crippen molar-refractivity contribution in [1.82, 2.24) is 9.97 Å². The summed E-state index contributed by atoms with van der Waals surface area (Å²) >= 11 is 0. The molecular formula is C44H44N2O4P2Ru+2. The molecule has 0 bridgehead atoms. The maximum absolute atomic E-state index is 9.98. The molecule has 2 aromatic heterocycles. The summed E-state index contributed by atoms with van der Waals surface area (Å²) in [5.41, 5.74) is 2.37. The van der Waals surface area contributed by atoms with Crippen LogP contribution in [0.4, 0.5) is 0 Å². The van der Waals surface area contributed by atoms with Crippen LogP contribution in [-0.4, -0.2) is 21.5 Å². The molecule has 2 heterocycles. The second-order valence-electron chi connectivity index (χ2n) is 11.4. The molecule has 6 nitrogen and oxygen atoms in total. The van der Waals surface area contributed by atoms with Crippen LogP contribution in [-0.2, 0) is 29.1 Å². The van der Waals surface area contributed by atoms with Crippen molar-refractivity contribution >= 4 is 59.5 Å². The number of allylic oxidation sites excluding steroid dienone is 4. The van der Waals surface area contributed by atoms with Crippen molar-refractivity contribution in [2.75, 3.05) is 0 Å². The minimum absolute atomic E-state index is 0. The molecule has 4 aromatic carbocycles. The zero-order valence-electron chi connectivity index (χ0n) is 30.2. The van der Waals surface area contributed by atoms with Gasteiger partial charge in [-0.15, -0.1) is 11.5 Å². The van der Waals surface area contributed by atoms with Crippen molar-refractivity contribution in [3.8, 4) is 0 Å². The van der Waals surface area contributed by atoms with E-state index in [1.54, 1.807) is 0 Å². The SMILES string of the molecule is CC(=O)/C=C(/C)[O-].CC(=O)/C=C(/C)[O-].[Ru+2].c1ccc([PH+](c2ccccc2)c2ccccn2)cc1.c1ccc([PH+](c2ccccc2)c2ccccn2)cc1. The summed E-state index contributed by atoms with van der Waals surface area (Å²) in [7, 11) is -1.98. The molecule has 9 heteroatoms. The molecule has 0 aliphatic rings. The van der Waals surface area contributed by atoms with Gasteiger partial charge in [-0.1, -0.05) is 98.8 Å². The summed E-state index contributed by atoms with van der Waals surface area (Å²) in [6.07, 6.45) is 5.87. The van der Waals surface area contributed by atoms with E-state index in [0.717, 1.165) is 12.2 Å². The van der Waals surface area contributed by atoms with E-state index in [1.807, 2.05) is 24.5 Å². The zero-order valence-corrected chi connectivity index (χ0v) is 33.9. The molecule has 6 rings (SSSR count). The molecule has 6 aromatic rings. The number of rotatable bonds is 8. The number of hydrogen-bond donors (Lipinski definition) is 0. The standard InChI is InChI=1S/2C17H14NP.2C5H8O2.Ru/c2*1-3-9-15(10-4-1)19(16-11-5-2-6-12-16)17-13-7-8-14-18-17;2*1-4(6)3-5(2)7;/h2*1-14H;2*3,6H,1-2H3;/q;;;;+2/b;;2*4-3-;. The van der Waals surface area contributed by atoms with Crippen LogP contribution in [0.25, 0.3) is 0 Å². The average molecular weight is 828 g/mol. The zero-order chi connectivity index (χ0) is 37.6.